The Kier molecular flexibility index (Phi) is 4.83. The van der Waals surface area contributed by atoms with E-state index in [-0.39, 0.29) is 6.61 Å². The molecule has 112 valence electrons. The Morgan fingerprint density at radius 2 is 2.05 bits per heavy atom. The number of ether oxygens (including phenoxy) is 3. The van der Waals surface area contributed by atoms with Crippen LogP contribution in [0.4, 0.5) is 4.79 Å². The van der Waals surface area contributed by atoms with Gasteiger partial charge in [-0.2, -0.15) is 5.26 Å². The molecule has 6 heteroatoms. The molecule has 0 radical (unpaired) electrons. The van der Waals surface area contributed by atoms with Crippen LogP contribution in [-0.4, -0.2) is 18.4 Å². The van der Waals surface area contributed by atoms with E-state index in [1.807, 2.05) is 6.07 Å². The number of carbonyl (C=O) groups is 1. The largest absolute Gasteiger partial charge is 0.506 e. The van der Waals surface area contributed by atoms with Crippen molar-refractivity contribution < 1.29 is 24.1 Å². The predicted molar refractivity (Wildman–Crippen MR) is 77.0 cm³/mol. The maximum Gasteiger partial charge on any atom is 0.506 e. The highest BCUT2D eigenvalue weighted by Crippen LogP contribution is 2.32. The zero-order valence-electron chi connectivity index (χ0n) is 11.8. The van der Waals surface area contributed by atoms with Crippen LogP contribution in [0.1, 0.15) is 11.1 Å². The van der Waals surface area contributed by atoms with Gasteiger partial charge in [-0.1, -0.05) is 12.1 Å². The van der Waals surface area contributed by atoms with Gasteiger partial charge in [0.05, 0.1) is 18.7 Å². The molecule has 0 bridgehead atoms. The van der Waals surface area contributed by atoms with Gasteiger partial charge in [0.25, 0.3) is 0 Å². The summed E-state index contributed by atoms with van der Waals surface area (Å²) in [6, 6.07) is 13.7. The van der Waals surface area contributed by atoms with E-state index in [2.05, 4.69) is 4.74 Å². The first-order valence-electron chi connectivity index (χ1n) is 6.33. The summed E-state index contributed by atoms with van der Waals surface area (Å²) in [5.41, 5.74) is 1.09. The Bertz CT molecular complexity index is 721. The second kappa shape index (κ2) is 6.99. The third-order valence-electron chi connectivity index (χ3n) is 2.78. The second-order valence-corrected chi connectivity index (χ2v) is 4.28. The van der Waals surface area contributed by atoms with Crippen LogP contribution in [0, 0.1) is 11.3 Å². The smallest absolute Gasteiger partial charge is 0.493 e. The van der Waals surface area contributed by atoms with Gasteiger partial charge in [0.2, 0.25) is 0 Å². The van der Waals surface area contributed by atoms with Gasteiger partial charge >= 0.3 is 6.16 Å². The van der Waals surface area contributed by atoms with Crippen LogP contribution in [0.15, 0.2) is 42.5 Å². The molecule has 0 heterocycles. The molecule has 22 heavy (non-hydrogen) atoms. The Hall–Kier alpha value is -3.20. The summed E-state index contributed by atoms with van der Waals surface area (Å²) in [4.78, 5) is 10.4. The molecule has 1 N–H and O–H groups in total. The molecule has 0 aromatic heterocycles. The van der Waals surface area contributed by atoms with Gasteiger partial charge in [-0.3, -0.25) is 0 Å². The van der Waals surface area contributed by atoms with Gasteiger partial charge in [-0.25, -0.2) is 4.79 Å². The lowest BCUT2D eigenvalue weighted by Gasteiger charge is -2.12. The summed E-state index contributed by atoms with van der Waals surface area (Å²) in [5, 5.41) is 17.4. The Morgan fingerprint density at radius 1 is 1.23 bits per heavy atom. The van der Waals surface area contributed by atoms with Crippen LogP contribution in [-0.2, 0) is 11.3 Å². The monoisotopic (exact) mass is 299 g/mol. The highest BCUT2D eigenvalue weighted by molar-refractivity contribution is 5.57. The minimum absolute atomic E-state index is 0.0894. The van der Waals surface area contributed by atoms with Crippen LogP contribution in [0.5, 0.6) is 17.2 Å². The molecule has 0 saturated heterocycles. The fourth-order valence-electron chi connectivity index (χ4n) is 1.79. The summed E-state index contributed by atoms with van der Waals surface area (Å²) >= 11 is 0. The van der Waals surface area contributed by atoms with Crippen molar-refractivity contribution in [2.75, 3.05) is 7.11 Å². The van der Waals surface area contributed by atoms with Crippen molar-refractivity contribution in [3.63, 3.8) is 0 Å². The van der Waals surface area contributed by atoms with Gasteiger partial charge in [-0.15, -0.1) is 0 Å². The third-order valence-corrected chi connectivity index (χ3v) is 2.78. The number of methoxy groups -OCH3 is 1. The zero-order chi connectivity index (χ0) is 15.9. The third kappa shape index (κ3) is 3.90. The normalized spacial score (nSPS) is 9.64. The highest BCUT2D eigenvalue weighted by atomic mass is 16.7. The minimum Gasteiger partial charge on any atom is -0.493 e. The molecule has 6 nitrogen and oxygen atoms in total. The molecule has 0 fully saturated rings. The van der Waals surface area contributed by atoms with Gasteiger partial charge in [0, 0.05) is 0 Å². The van der Waals surface area contributed by atoms with Crippen LogP contribution in [0.3, 0.4) is 0 Å². The van der Waals surface area contributed by atoms with Crippen molar-refractivity contribution in [1.29, 1.82) is 5.26 Å². The van der Waals surface area contributed by atoms with Crippen molar-refractivity contribution in [1.82, 2.24) is 0 Å². The second-order valence-electron chi connectivity index (χ2n) is 4.28. The number of rotatable bonds is 5. The van der Waals surface area contributed by atoms with E-state index in [9.17, 15) is 4.79 Å². The van der Waals surface area contributed by atoms with Gasteiger partial charge in [0.1, 0.15) is 12.4 Å². The molecule has 0 saturated carbocycles. The number of benzene rings is 2. The summed E-state index contributed by atoms with van der Waals surface area (Å²) < 4.78 is 15.4. The minimum atomic E-state index is -1.35. The Balaban J connectivity index is 2.25. The van der Waals surface area contributed by atoms with Gasteiger partial charge in [-0.05, 0) is 35.9 Å². The van der Waals surface area contributed by atoms with Crippen LogP contribution >= 0.6 is 0 Å². The van der Waals surface area contributed by atoms with Crippen molar-refractivity contribution >= 4 is 6.16 Å². The molecule has 2 rings (SSSR count). The molecule has 0 spiro atoms. The summed E-state index contributed by atoms with van der Waals surface area (Å²) in [6.07, 6.45) is -1.35. The average molecular weight is 299 g/mol. The van der Waals surface area contributed by atoms with E-state index in [0.29, 0.717) is 28.4 Å². The van der Waals surface area contributed by atoms with Crippen molar-refractivity contribution in [2.24, 2.45) is 0 Å². The first-order valence-corrected chi connectivity index (χ1v) is 6.33. The predicted octanol–water partition coefficient (Wildman–Crippen LogP) is 3.55. The molecule has 2 aromatic carbocycles. The highest BCUT2D eigenvalue weighted by Gasteiger charge is 2.09. The van der Waals surface area contributed by atoms with Crippen molar-refractivity contribution in [3.8, 4) is 23.3 Å². The molecule has 0 aliphatic rings. The number of hydrogen-bond acceptors (Lipinski definition) is 5. The summed E-state index contributed by atoms with van der Waals surface area (Å²) in [7, 11) is 1.50. The number of nitriles is 1. The molecule has 0 amide bonds. The first-order chi connectivity index (χ1) is 10.6. The standard InChI is InChI=1S/C16H13NO5/c1-20-14-6-5-12(10-21-16(18)19)8-15(14)22-13-4-2-3-11(7-13)9-17/h2-8H,10H2,1H3,(H,18,19). The molecular formula is C16H13NO5. The Morgan fingerprint density at radius 3 is 2.73 bits per heavy atom. The average Bonchev–Trinajstić information content (AvgIpc) is 2.53. The van der Waals surface area contributed by atoms with Gasteiger partial charge < -0.3 is 19.3 Å². The molecule has 0 atom stereocenters. The number of nitrogens with zero attached hydrogens (tertiary/aromatic N) is 1. The van der Waals surface area contributed by atoms with E-state index in [0.717, 1.165) is 0 Å². The zero-order valence-corrected chi connectivity index (χ0v) is 11.8. The van der Waals surface area contributed by atoms with Crippen LogP contribution in [0.25, 0.3) is 0 Å². The lowest BCUT2D eigenvalue weighted by atomic mass is 10.2. The molecule has 0 aliphatic carbocycles. The fourth-order valence-corrected chi connectivity index (χ4v) is 1.79. The quantitative estimate of drug-likeness (QED) is 0.849. The lowest BCUT2D eigenvalue weighted by molar-refractivity contribution is 0.0853. The van der Waals surface area contributed by atoms with Gasteiger partial charge in [0.15, 0.2) is 11.5 Å². The maximum absolute atomic E-state index is 10.4. The molecular weight excluding hydrogens is 286 g/mol. The van der Waals surface area contributed by atoms with E-state index < -0.39 is 6.16 Å². The van der Waals surface area contributed by atoms with E-state index in [4.69, 9.17) is 19.8 Å². The number of hydrogen-bond donors (Lipinski definition) is 1. The molecule has 0 unspecified atom stereocenters. The van der Waals surface area contributed by atoms with Crippen LogP contribution in [0.2, 0.25) is 0 Å². The fraction of sp³-hybridized carbons (Fsp3) is 0.125. The Labute approximate surface area is 127 Å². The van der Waals surface area contributed by atoms with Crippen molar-refractivity contribution in [3.05, 3.63) is 53.6 Å². The van der Waals surface area contributed by atoms with E-state index >= 15 is 0 Å². The molecule has 0 aliphatic heterocycles. The SMILES string of the molecule is COc1ccc(COC(=O)O)cc1Oc1cccc(C#N)c1. The molecule has 2 aromatic rings. The number of carboxylic acid groups (broad SMARTS) is 1. The van der Waals surface area contributed by atoms with Crippen molar-refractivity contribution in [2.45, 2.75) is 6.61 Å². The first kappa shape index (κ1) is 15.2. The lowest BCUT2D eigenvalue weighted by Crippen LogP contribution is -2.00. The summed E-state index contributed by atoms with van der Waals surface area (Å²) in [5.74, 6) is 1.37. The maximum atomic E-state index is 10.4. The topological polar surface area (TPSA) is 88.8 Å². The summed E-state index contributed by atoms with van der Waals surface area (Å²) in [6.45, 7) is -0.0894. The van der Waals surface area contributed by atoms with E-state index in [1.165, 1.54) is 7.11 Å². The van der Waals surface area contributed by atoms with E-state index in [1.54, 1.807) is 42.5 Å². The van der Waals surface area contributed by atoms with Crippen LogP contribution < -0.4 is 9.47 Å².